The first-order valence-corrected chi connectivity index (χ1v) is 8.36. The van der Waals surface area contributed by atoms with Crippen molar-refractivity contribution >= 4 is 17.5 Å². The van der Waals surface area contributed by atoms with Crippen molar-refractivity contribution in [3.05, 3.63) is 71.9 Å². The van der Waals surface area contributed by atoms with Gasteiger partial charge in [0.05, 0.1) is 13.2 Å². The van der Waals surface area contributed by atoms with Gasteiger partial charge in [0, 0.05) is 24.5 Å². The van der Waals surface area contributed by atoms with Crippen LogP contribution < -0.4 is 15.4 Å². The maximum atomic E-state index is 10.3. The van der Waals surface area contributed by atoms with Gasteiger partial charge in [0.25, 0.3) is 0 Å². The molecule has 134 valence electrons. The predicted molar refractivity (Wildman–Crippen MR) is 103 cm³/mol. The lowest BCUT2D eigenvalue weighted by atomic mass is 10.1. The second-order valence-corrected chi connectivity index (χ2v) is 5.93. The van der Waals surface area contributed by atoms with Gasteiger partial charge >= 0.3 is 0 Å². The molecule has 1 aromatic heterocycles. The quantitative estimate of drug-likeness (QED) is 0.603. The molecular weight excluding hydrogens is 328 g/mol. The molecule has 6 heteroatoms. The summed E-state index contributed by atoms with van der Waals surface area (Å²) in [5.74, 6) is 1.86. The van der Waals surface area contributed by atoms with Gasteiger partial charge in [-0.3, -0.25) is 0 Å². The molecule has 0 spiro atoms. The molecule has 0 aliphatic rings. The number of anilines is 3. The van der Waals surface area contributed by atoms with Crippen molar-refractivity contribution in [3.63, 3.8) is 0 Å². The van der Waals surface area contributed by atoms with Gasteiger partial charge in [-0.1, -0.05) is 35.9 Å². The molecule has 0 saturated heterocycles. The van der Waals surface area contributed by atoms with Gasteiger partial charge in [-0.25, -0.2) is 4.98 Å². The molecule has 1 unspecified atom stereocenters. The lowest BCUT2D eigenvalue weighted by molar-refractivity contribution is 0.191. The van der Waals surface area contributed by atoms with Gasteiger partial charge in [0.2, 0.25) is 5.95 Å². The Morgan fingerprint density at radius 2 is 1.96 bits per heavy atom. The smallest absolute Gasteiger partial charge is 0.229 e. The van der Waals surface area contributed by atoms with Crippen LogP contribution in [0.25, 0.3) is 0 Å². The lowest BCUT2D eigenvalue weighted by Gasteiger charge is -2.14. The number of aliphatic hydroxyl groups excluding tert-OH is 1. The third-order valence-corrected chi connectivity index (χ3v) is 3.88. The van der Waals surface area contributed by atoms with Crippen molar-refractivity contribution in [1.82, 2.24) is 9.97 Å². The number of hydrogen-bond donors (Lipinski definition) is 3. The van der Waals surface area contributed by atoms with Gasteiger partial charge < -0.3 is 20.5 Å². The summed E-state index contributed by atoms with van der Waals surface area (Å²) in [6.45, 7) is 2.36. The Hall–Kier alpha value is -3.12. The van der Waals surface area contributed by atoms with Gasteiger partial charge in [0.1, 0.15) is 11.6 Å². The first-order valence-electron chi connectivity index (χ1n) is 8.36. The van der Waals surface area contributed by atoms with Crippen molar-refractivity contribution in [2.24, 2.45) is 0 Å². The van der Waals surface area contributed by atoms with E-state index in [1.807, 2.05) is 55.5 Å². The number of ether oxygens (including phenoxy) is 1. The molecule has 0 amide bonds. The Morgan fingerprint density at radius 3 is 2.77 bits per heavy atom. The Balaban J connectivity index is 1.63. The average molecular weight is 350 g/mol. The number of benzene rings is 2. The van der Waals surface area contributed by atoms with Crippen LogP contribution >= 0.6 is 0 Å². The van der Waals surface area contributed by atoms with E-state index in [0.29, 0.717) is 18.3 Å². The molecule has 0 aliphatic heterocycles. The summed E-state index contributed by atoms with van der Waals surface area (Å²) >= 11 is 0. The average Bonchev–Trinajstić information content (AvgIpc) is 2.66. The highest BCUT2D eigenvalue weighted by Gasteiger charge is 2.08. The van der Waals surface area contributed by atoms with E-state index in [-0.39, 0.29) is 0 Å². The number of aliphatic hydroxyl groups is 1. The zero-order valence-corrected chi connectivity index (χ0v) is 14.8. The molecule has 1 heterocycles. The van der Waals surface area contributed by atoms with Crippen LogP contribution in [0.1, 0.15) is 17.2 Å². The van der Waals surface area contributed by atoms with Gasteiger partial charge in [-0.2, -0.15) is 4.98 Å². The molecule has 1 atom stereocenters. The van der Waals surface area contributed by atoms with Crippen molar-refractivity contribution in [1.29, 1.82) is 0 Å². The highest BCUT2D eigenvalue weighted by Crippen LogP contribution is 2.20. The van der Waals surface area contributed by atoms with Crippen molar-refractivity contribution in [2.75, 3.05) is 24.3 Å². The minimum atomic E-state index is -0.611. The summed E-state index contributed by atoms with van der Waals surface area (Å²) in [5.41, 5.74) is 2.83. The molecular formula is C20H22N4O2. The van der Waals surface area contributed by atoms with E-state index < -0.39 is 6.10 Å². The molecule has 0 aliphatic carbocycles. The fraction of sp³-hybridized carbons (Fsp3) is 0.200. The summed E-state index contributed by atoms with van der Waals surface area (Å²) < 4.78 is 5.21. The van der Waals surface area contributed by atoms with Crippen LogP contribution in [0.15, 0.2) is 60.8 Å². The highest BCUT2D eigenvalue weighted by molar-refractivity contribution is 5.57. The first kappa shape index (κ1) is 17.7. The number of aromatic nitrogens is 2. The maximum absolute atomic E-state index is 10.3. The van der Waals surface area contributed by atoms with Crippen LogP contribution in [0.5, 0.6) is 5.75 Å². The molecule has 2 aromatic carbocycles. The minimum Gasteiger partial charge on any atom is -0.497 e. The Morgan fingerprint density at radius 1 is 1.12 bits per heavy atom. The largest absolute Gasteiger partial charge is 0.497 e. The molecule has 0 radical (unpaired) electrons. The molecule has 0 fully saturated rings. The van der Waals surface area contributed by atoms with Crippen LogP contribution in [0.2, 0.25) is 0 Å². The van der Waals surface area contributed by atoms with Crippen LogP contribution in [0.3, 0.4) is 0 Å². The number of hydrogen-bond acceptors (Lipinski definition) is 6. The van der Waals surface area contributed by atoms with E-state index in [9.17, 15) is 5.11 Å². The third-order valence-electron chi connectivity index (χ3n) is 3.88. The zero-order chi connectivity index (χ0) is 18.4. The normalized spacial score (nSPS) is 11.7. The Bertz CT molecular complexity index is 870. The SMILES string of the molecule is COc1cccc(Nc2nccc(NCC(O)c3cccc(C)c3)n2)c1. The van der Waals surface area contributed by atoms with Crippen LogP contribution in [0.4, 0.5) is 17.5 Å². The van der Waals surface area contributed by atoms with Gasteiger partial charge in [-0.15, -0.1) is 0 Å². The Labute approximate surface area is 152 Å². The second-order valence-electron chi connectivity index (χ2n) is 5.93. The molecule has 6 nitrogen and oxygen atoms in total. The summed E-state index contributed by atoms with van der Waals surface area (Å²) in [6, 6.07) is 17.1. The minimum absolute atomic E-state index is 0.360. The fourth-order valence-electron chi connectivity index (χ4n) is 2.54. The Kier molecular flexibility index (Phi) is 5.66. The number of aryl methyl sites for hydroxylation is 1. The van der Waals surface area contributed by atoms with Crippen LogP contribution in [-0.4, -0.2) is 28.7 Å². The number of methoxy groups -OCH3 is 1. The van der Waals surface area contributed by atoms with Gasteiger partial charge in [0.15, 0.2) is 0 Å². The van der Waals surface area contributed by atoms with E-state index in [0.717, 1.165) is 22.6 Å². The molecule has 26 heavy (non-hydrogen) atoms. The second kappa shape index (κ2) is 8.31. The molecule has 3 N–H and O–H groups in total. The van der Waals surface area contributed by atoms with E-state index in [2.05, 4.69) is 20.6 Å². The van der Waals surface area contributed by atoms with E-state index in [1.54, 1.807) is 19.4 Å². The molecule has 0 saturated carbocycles. The predicted octanol–water partition coefficient (Wildman–Crippen LogP) is 3.68. The summed E-state index contributed by atoms with van der Waals surface area (Å²) in [5, 5.41) is 16.6. The van der Waals surface area contributed by atoms with Crippen molar-refractivity contribution < 1.29 is 9.84 Å². The molecule has 0 bridgehead atoms. The lowest BCUT2D eigenvalue weighted by Crippen LogP contribution is -2.13. The molecule has 3 rings (SSSR count). The van der Waals surface area contributed by atoms with E-state index >= 15 is 0 Å². The summed E-state index contributed by atoms with van der Waals surface area (Å²) in [6.07, 6.45) is 1.05. The van der Waals surface area contributed by atoms with Crippen molar-refractivity contribution in [3.8, 4) is 5.75 Å². The summed E-state index contributed by atoms with van der Waals surface area (Å²) in [4.78, 5) is 8.64. The van der Waals surface area contributed by atoms with E-state index in [1.165, 1.54) is 0 Å². The standard InChI is InChI=1S/C20H22N4O2/c1-14-5-3-6-15(11-14)18(25)13-22-19-9-10-21-20(24-19)23-16-7-4-8-17(12-16)26-2/h3-12,18,25H,13H2,1-2H3,(H2,21,22,23,24). The van der Waals surface area contributed by atoms with Crippen LogP contribution in [0, 0.1) is 6.92 Å². The topological polar surface area (TPSA) is 79.3 Å². The van der Waals surface area contributed by atoms with E-state index in [4.69, 9.17) is 4.74 Å². The molecule has 3 aromatic rings. The summed E-state index contributed by atoms with van der Waals surface area (Å²) in [7, 11) is 1.62. The third kappa shape index (κ3) is 4.70. The number of nitrogens with one attached hydrogen (secondary N) is 2. The monoisotopic (exact) mass is 350 g/mol. The van der Waals surface area contributed by atoms with Crippen LogP contribution in [-0.2, 0) is 0 Å². The highest BCUT2D eigenvalue weighted by atomic mass is 16.5. The maximum Gasteiger partial charge on any atom is 0.229 e. The first-order chi connectivity index (χ1) is 12.6. The number of nitrogens with zero attached hydrogens (tertiary/aromatic N) is 2. The zero-order valence-electron chi connectivity index (χ0n) is 14.8. The van der Waals surface area contributed by atoms with Crippen molar-refractivity contribution in [2.45, 2.75) is 13.0 Å². The van der Waals surface area contributed by atoms with Gasteiger partial charge in [-0.05, 0) is 30.7 Å². The number of rotatable bonds is 7. The fourth-order valence-corrected chi connectivity index (χ4v) is 2.54.